The first-order valence-electron chi connectivity index (χ1n) is 6.16. The smallest absolute Gasteiger partial charge is 0.0299 e. The summed E-state index contributed by atoms with van der Waals surface area (Å²) in [4.78, 5) is 1.45. The van der Waals surface area contributed by atoms with Crippen LogP contribution in [0.5, 0.6) is 0 Å². The van der Waals surface area contributed by atoms with Gasteiger partial charge in [-0.2, -0.15) is 0 Å². The predicted molar refractivity (Wildman–Crippen MR) is 76.6 cm³/mol. The first-order valence-corrected chi connectivity index (χ1v) is 7.04. The standard InChI is InChI=1S/C13H23NS.ClH/c1-2-3-4-5-6-7-10-14-12-13-9-8-11-15-13;/h8-9,11,14H,2-7,10,12H2,1H3;1H. The van der Waals surface area contributed by atoms with Crippen LogP contribution in [0.3, 0.4) is 0 Å². The second-order valence-electron chi connectivity index (χ2n) is 4.02. The van der Waals surface area contributed by atoms with Crippen molar-refractivity contribution in [3.63, 3.8) is 0 Å². The van der Waals surface area contributed by atoms with E-state index in [1.807, 2.05) is 11.3 Å². The summed E-state index contributed by atoms with van der Waals surface area (Å²) >= 11 is 1.84. The van der Waals surface area contributed by atoms with Gasteiger partial charge in [0.05, 0.1) is 0 Å². The SMILES string of the molecule is CCCCCCCCNCc1cccs1.Cl. The average Bonchev–Trinajstić information content (AvgIpc) is 2.75. The molecule has 0 aromatic carbocycles. The molecule has 0 unspecified atom stereocenters. The topological polar surface area (TPSA) is 12.0 Å². The Morgan fingerprint density at radius 2 is 1.88 bits per heavy atom. The fraction of sp³-hybridized carbons (Fsp3) is 0.692. The molecule has 0 fully saturated rings. The van der Waals surface area contributed by atoms with Gasteiger partial charge in [-0.1, -0.05) is 45.1 Å². The maximum absolute atomic E-state index is 3.49. The molecule has 0 aliphatic heterocycles. The van der Waals surface area contributed by atoms with E-state index in [1.54, 1.807) is 0 Å². The lowest BCUT2D eigenvalue weighted by atomic mass is 10.1. The quantitative estimate of drug-likeness (QED) is 0.640. The Morgan fingerprint density at radius 1 is 1.12 bits per heavy atom. The summed E-state index contributed by atoms with van der Waals surface area (Å²) in [7, 11) is 0. The normalized spacial score (nSPS) is 10.1. The minimum atomic E-state index is 0. The van der Waals surface area contributed by atoms with Crippen molar-refractivity contribution in [2.24, 2.45) is 0 Å². The second kappa shape index (κ2) is 11.4. The van der Waals surface area contributed by atoms with Gasteiger partial charge in [0.15, 0.2) is 0 Å². The van der Waals surface area contributed by atoms with Crippen LogP contribution in [0, 0.1) is 0 Å². The Hall–Kier alpha value is -0.0500. The minimum Gasteiger partial charge on any atom is -0.312 e. The number of hydrogen-bond donors (Lipinski definition) is 1. The second-order valence-corrected chi connectivity index (χ2v) is 5.06. The fourth-order valence-corrected chi connectivity index (χ4v) is 2.33. The van der Waals surface area contributed by atoms with Gasteiger partial charge in [-0.3, -0.25) is 0 Å². The maximum atomic E-state index is 3.49. The zero-order chi connectivity index (χ0) is 10.8. The molecule has 3 heteroatoms. The summed E-state index contributed by atoms with van der Waals surface area (Å²) in [5, 5.41) is 5.63. The molecule has 0 amide bonds. The third-order valence-corrected chi connectivity index (χ3v) is 3.46. The van der Waals surface area contributed by atoms with Crippen LogP contribution >= 0.6 is 23.7 Å². The number of thiophene rings is 1. The van der Waals surface area contributed by atoms with Gasteiger partial charge < -0.3 is 5.32 Å². The van der Waals surface area contributed by atoms with E-state index in [0.29, 0.717) is 0 Å². The van der Waals surface area contributed by atoms with Gasteiger partial charge in [0.2, 0.25) is 0 Å². The van der Waals surface area contributed by atoms with Gasteiger partial charge in [-0.25, -0.2) is 0 Å². The van der Waals surface area contributed by atoms with E-state index in [0.717, 1.165) is 6.54 Å². The Morgan fingerprint density at radius 3 is 2.56 bits per heavy atom. The molecule has 1 aromatic heterocycles. The molecule has 1 N–H and O–H groups in total. The zero-order valence-corrected chi connectivity index (χ0v) is 11.8. The van der Waals surface area contributed by atoms with Crippen molar-refractivity contribution >= 4 is 23.7 Å². The molecule has 0 atom stereocenters. The van der Waals surface area contributed by atoms with Crippen LogP contribution in [0.15, 0.2) is 17.5 Å². The Bertz CT molecular complexity index is 224. The molecule has 1 aromatic rings. The van der Waals surface area contributed by atoms with Crippen LogP contribution in [0.4, 0.5) is 0 Å². The van der Waals surface area contributed by atoms with Crippen LogP contribution in [0.25, 0.3) is 0 Å². The monoisotopic (exact) mass is 261 g/mol. The predicted octanol–water partition coefficient (Wildman–Crippen LogP) is 4.62. The summed E-state index contributed by atoms with van der Waals surface area (Å²) < 4.78 is 0. The molecule has 0 aliphatic carbocycles. The van der Waals surface area contributed by atoms with Crippen LogP contribution in [-0.4, -0.2) is 6.54 Å². The van der Waals surface area contributed by atoms with E-state index >= 15 is 0 Å². The molecule has 0 aliphatic rings. The molecular weight excluding hydrogens is 238 g/mol. The summed E-state index contributed by atoms with van der Waals surface area (Å²) in [5.74, 6) is 0. The third-order valence-electron chi connectivity index (χ3n) is 2.59. The highest BCUT2D eigenvalue weighted by Gasteiger charge is 1.93. The first-order chi connectivity index (χ1) is 7.43. The molecule has 0 bridgehead atoms. The largest absolute Gasteiger partial charge is 0.312 e. The van der Waals surface area contributed by atoms with Crippen LogP contribution in [0.2, 0.25) is 0 Å². The van der Waals surface area contributed by atoms with E-state index in [4.69, 9.17) is 0 Å². The van der Waals surface area contributed by atoms with Gasteiger partial charge in [0.1, 0.15) is 0 Å². The summed E-state index contributed by atoms with van der Waals surface area (Å²) in [5.41, 5.74) is 0. The first kappa shape index (κ1) is 16.0. The summed E-state index contributed by atoms with van der Waals surface area (Å²) in [6.45, 7) is 4.49. The molecule has 0 radical (unpaired) electrons. The third kappa shape index (κ3) is 8.14. The lowest BCUT2D eigenvalue weighted by Gasteiger charge is -2.02. The van der Waals surface area contributed by atoms with Crippen molar-refractivity contribution in [1.82, 2.24) is 5.32 Å². The van der Waals surface area contributed by atoms with Gasteiger partial charge >= 0.3 is 0 Å². The molecule has 1 rings (SSSR count). The summed E-state index contributed by atoms with van der Waals surface area (Å²) in [6, 6.07) is 4.31. The Labute approximate surface area is 110 Å². The highest BCUT2D eigenvalue weighted by atomic mass is 35.5. The van der Waals surface area contributed by atoms with E-state index in [9.17, 15) is 0 Å². The van der Waals surface area contributed by atoms with Gasteiger partial charge in [0.25, 0.3) is 0 Å². The molecule has 1 heterocycles. The van der Waals surface area contributed by atoms with Crippen LogP contribution in [0.1, 0.15) is 50.3 Å². The van der Waals surface area contributed by atoms with Crippen molar-refractivity contribution in [2.75, 3.05) is 6.54 Å². The minimum absolute atomic E-state index is 0. The van der Waals surface area contributed by atoms with Gasteiger partial charge in [-0.15, -0.1) is 23.7 Å². The summed E-state index contributed by atoms with van der Waals surface area (Å²) in [6.07, 6.45) is 8.29. The molecule has 1 nitrogen and oxygen atoms in total. The average molecular weight is 262 g/mol. The van der Waals surface area contributed by atoms with Gasteiger partial charge in [-0.05, 0) is 24.4 Å². The highest BCUT2D eigenvalue weighted by Crippen LogP contribution is 2.08. The number of halogens is 1. The van der Waals surface area contributed by atoms with E-state index in [2.05, 4.69) is 29.8 Å². The lowest BCUT2D eigenvalue weighted by molar-refractivity contribution is 0.573. The molecule has 0 saturated carbocycles. The van der Waals surface area contributed by atoms with Crippen molar-refractivity contribution in [1.29, 1.82) is 0 Å². The highest BCUT2D eigenvalue weighted by molar-refractivity contribution is 7.09. The fourth-order valence-electron chi connectivity index (χ4n) is 1.66. The molecule has 0 saturated heterocycles. The number of hydrogen-bond acceptors (Lipinski definition) is 2. The number of unbranched alkanes of at least 4 members (excludes halogenated alkanes) is 5. The van der Waals surface area contributed by atoms with Gasteiger partial charge in [0, 0.05) is 11.4 Å². The van der Waals surface area contributed by atoms with E-state index in [-0.39, 0.29) is 12.4 Å². The Kier molecular flexibility index (Phi) is 11.4. The van der Waals surface area contributed by atoms with Crippen molar-refractivity contribution < 1.29 is 0 Å². The lowest BCUT2D eigenvalue weighted by Crippen LogP contribution is -2.13. The zero-order valence-electron chi connectivity index (χ0n) is 10.2. The number of nitrogens with one attached hydrogen (secondary N) is 1. The molecular formula is C13H24ClNS. The number of rotatable bonds is 9. The van der Waals surface area contributed by atoms with Crippen molar-refractivity contribution in [3.05, 3.63) is 22.4 Å². The molecule has 94 valence electrons. The molecule has 16 heavy (non-hydrogen) atoms. The Balaban J connectivity index is 0.00000225. The van der Waals surface area contributed by atoms with Crippen molar-refractivity contribution in [3.8, 4) is 0 Å². The maximum Gasteiger partial charge on any atom is 0.0299 e. The van der Waals surface area contributed by atoms with E-state index in [1.165, 1.54) is 49.9 Å². The van der Waals surface area contributed by atoms with E-state index < -0.39 is 0 Å². The van der Waals surface area contributed by atoms with Crippen LogP contribution in [-0.2, 0) is 6.54 Å². The van der Waals surface area contributed by atoms with Crippen LogP contribution < -0.4 is 5.32 Å². The van der Waals surface area contributed by atoms with Crippen molar-refractivity contribution in [2.45, 2.75) is 52.0 Å². The molecule has 0 spiro atoms.